The number of carboxylic acids is 1. The van der Waals surface area contributed by atoms with Crippen LogP contribution in [-0.4, -0.2) is 42.1 Å². The Balaban J connectivity index is 1.56. The average Bonchev–Trinajstić information content (AvgIpc) is 3.35. The summed E-state index contributed by atoms with van der Waals surface area (Å²) in [4.78, 5) is 25.0. The molecule has 3 rings (SSSR count). The molecule has 2 atom stereocenters. The average molecular weight is 303 g/mol. The smallest absolute Gasteiger partial charge is 0.307 e. The molecule has 2 fully saturated rings. The topological polar surface area (TPSA) is 66.8 Å². The second kappa shape index (κ2) is 5.99. The van der Waals surface area contributed by atoms with Crippen LogP contribution in [0.3, 0.4) is 0 Å². The van der Waals surface area contributed by atoms with Gasteiger partial charge in [0.05, 0.1) is 18.9 Å². The van der Waals surface area contributed by atoms with Gasteiger partial charge in [-0.3, -0.25) is 9.59 Å². The lowest BCUT2D eigenvalue weighted by Crippen LogP contribution is -2.39. The van der Waals surface area contributed by atoms with E-state index in [9.17, 15) is 9.59 Å². The number of methoxy groups -OCH3 is 1. The van der Waals surface area contributed by atoms with Gasteiger partial charge in [0.1, 0.15) is 5.75 Å². The van der Waals surface area contributed by atoms with Gasteiger partial charge in [-0.2, -0.15) is 0 Å². The Bertz CT molecular complexity index is 578. The molecule has 1 saturated heterocycles. The van der Waals surface area contributed by atoms with Gasteiger partial charge in [0.15, 0.2) is 0 Å². The van der Waals surface area contributed by atoms with E-state index in [1.165, 1.54) is 5.56 Å². The van der Waals surface area contributed by atoms with Gasteiger partial charge in [-0.25, -0.2) is 0 Å². The molecule has 1 aliphatic carbocycles. The predicted octanol–water partition coefficient (Wildman–Crippen LogP) is 2.12. The molecule has 1 aromatic carbocycles. The van der Waals surface area contributed by atoms with Crippen molar-refractivity contribution in [3.63, 3.8) is 0 Å². The molecule has 0 unspecified atom stereocenters. The van der Waals surface area contributed by atoms with Gasteiger partial charge < -0.3 is 14.7 Å². The van der Waals surface area contributed by atoms with Crippen molar-refractivity contribution in [3.05, 3.63) is 29.8 Å². The molecule has 0 aromatic heterocycles. The molecular formula is C17H21NO4. The maximum absolute atomic E-state index is 12.3. The van der Waals surface area contributed by atoms with E-state index in [0.29, 0.717) is 25.4 Å². The minimum absolute atomic E-state index is 0.0245. The van der Waals surface area contributed by atoms with Crippen LogP contribution in [0.15, 0.2) is 24.3 Å². The van der Waals surface area contributed by atoms with E-state index in [1.807, 2.05) is 17.0 Å². The van der Waals surface area contributed by atoms with Gasteiger partial charge >= 0.3 is 5.97 Å². The van der Waals surface area contributed by atoms with Crippen LogP contribution >= 0.6 is 0 Å². The second-order valence-corrected chi connectivity index (χ2v) is 6.16. The number of carbonyl (C=O) groups is 2. The number of ether oxygens (including phenoxy) is 1. The molecule has 1 N–H and O–H groups in total. The van der Waals surface area contributed by atoms with Crippen LogP contribution < -0.4 is 4.74 Å². The van der Waals surface area contributed by atoms with Gasteiger partial charge in [0.25, 0.3) is 0 Å². The number of benzene rings is 1. The van der Waals surface area contributed by atoms with Crippen molar-refractivity contribution in [3.8, 4) is 5.75 Å². The lowest BCUT2D eigenvalue weighted by Gasteiger charge is -2.32. The Kier molecular flexibility index (Phi) is 4.05. The van der Waals surface area contributed by atoms with E-state index in [-0.39, 0.29) is 11.8 Å². The van der Waals surface area contributed by atoms with E-state index in [2.05, 4.69) is 12.1 Å². The van der Waals surface area contributed by atoms with Crippen LogP contribution in [0, 0.1) is 11.8 Å². The highest BCUT2D eigenvalue weighted by molar-refractivity contribution is 5.89. The summed E-state index contributed by atoms with van der Waals surface area (Å²) < 4.78 is 5.26. The molecule has 1 amide bonds. The largest absolute Gasteiger partial charge is 0.497 e. The third kappa shape index (κ3) is 2.93. The lowest BCUT2D eigenvalue weighted by atomic mass is 9.89. The lowest BCUT2D eigenvalue weighted by molar-refractivity contribution is -0.142. The molecule has 5 nitrogen and oxygen atoms in total. The highest BCUT2D eigenvalue weighted by Gasteiger charge is 2.50. The van der Waals surface area contributed by atoms with E-state index in [0.717, 1.165) is 18.6 Å². The SMILES string of the molecule is COc1cccc(C2CCN(C(=O)[C@H]3C[C@@H]3C(=O)O)CC2)c1. The minimum Gasteiger partial charge on any atom is -0.497 e. The van der Waals surface area contributed by atoms with E-state index < -0.39 is 11.9 Å². The first-order chi connectivity index (χ1) is 10.6. The number of hydrogen-bond acceptors (Lipinski definition) is 3. The van der Waals surface area contributed by atoms with E-state index in [4.69, 9.17) is 9.84 Å². The quantitative estimate of drug-likeness (QED) is 0.925. The summed E-state index contributed by atoms with van der Waals surface area (Å²) in [5, 5.41) is 8.93. The van der Waals surface area contributed by atoms with Crippen molar-refractivity contribution < 1.29 is 19.4 Å². The predicted molar refractivity (Wildman–Crippen MR) is 80.8 cm³/mol. The number of piperidine rings is 1. The minimum atomic E-state index is -0.843. The molecule has 0 bridgehead atoms. The Labute approximate surface area is 129 Å². The summed E-state index contributed by atoms with van der Waals surface area (Å²) in [7, 11) is 1.66. The molecule has 1 heterocycles. The monoisotopic (exact) mass is 303 g/mol. The van der Waals surface area contributed by atoms with Crippen molar-refractivity contribution in [1.29, 1.82) is 0 Å². The Morgan fingerprint density at radius 2 is 1.95 bits per heavy atom. The second-order valence-electron chi connectivity index (χ2n) is 6.16. The number of hydrogen-bond donors (Lipinski definition) is 1. The van der Waals surface area contributed by atoms with Gasteiger partial charge in [-0.05, 0) is 42.9 Å². The molecule has 22 heavy (non-hydrogen) atoms. The van der Waals surface area contributed by atoms with Crippen molar-refractivity contribution in [1.82, 2.24) is 4.90 Å². The summed E-state index contributed by atoms with van der Waals surface area (Å²) in [5.74, 6) is -0.262. The van der Waals surface area contributed by atoms with Crippen LogP contribution in [0.1, 0.15) is 30.7 Å². The first-order valence-electron chi connectivity index (χ1n) is 7.75. The number of likely N-dealkylation sites (tertiary alicyclic amines) is 1. The van der Waals surface area contributed by atoms with Crippen LogP contribution in [0.5, 0.6) is 5.75 Å². The normalized spacial score (nSPS) is 24.9. The van der Waals surface area contributed by atoms with E-state index >= 15 is 0 Å². The molecule has 1 saturated carbocycles. The summed E-state index contributed by atoms with van der Waals surface area (Å²) in [6, 6.07) is 8.09. The van der Waals surface area contributed by atoms with Crippen molar-refractivity contribution in [2.24, 2.45) is 11.8 Å². The number of carbonyl (C=O) groups excluding carboxylic acids is 1. The fraction of sp³-hybridized carbons (Fsp3) is 0.529. The molecule has 118 valence electrons. The number of aliphatic carboxylic acids is 1. The van der Waals surface area contributed by atoms with Crippen LogP contribution in [-0.2, 0) is 9.59 Å². The van der Waals surface area contributed by atoms with Gasteiger partial charge in [0.2, 0.25) is 5.91 Å². The van der Waals surface area contributed by atoms with Crippen molar-refractivity contribution >= 4 is 11.9 Å². The summed E-state index contributed by atoms with van der Waals surface area (Å²) in [5.41, 5.74) is 1.25. The fourth-order valence-electron chi connectivity index (χ4n) is 3.30. The van der Waals surface area contributed by atoms with E-state index in [1.54, 1.807) is 7.11 Å². The number of amides is 1. The third-order valence-electron chi connectivity index (χ3n) is 4.80. The van der Waals surface area contributed by atoms with Gasteiger partial charge in [-0.1, -0.05) is 12.1 Å². The molecule has 1 aliphatic heterocycles. The molecule has 2 aliphatic rings. The van der Waals surface area contributed by atoms with Crippen LogP contribution in [0.2, 0.25) is 0 Å². The van der Waals surface area contributed by atoms with Crippen molar-refractivity contribution in [2.45, 2.75) is 25.2 Å². The molecule has 1 aromatic rings. The molecule has 0 radical (unpaired) electrons. The van der Waals surface area contributed by atoms with Gasteiger partial charge in [-0.15, -0.1) is 0 Å². The maximum atomic E-state index is 12.3. The number of nitrogens with zero attached hydrogens (tertiary/aromatic N) is 1. The summed E-state index contributed by atoms with van der Waals surface area (Å²) >= 11 is 0. The Morgan fingerprint density at radius 1 is 1.23 bits per heavy atom. The first kappa shape index (κ1) is 14.9. The third-order valence-corrected chi connectivity index (χ3v) is 4.80. The highest BCUT2D eigenvalue weighted by Crippen LogP contribution is 2.41. The Hall–Kier alpha value is -2.04. The van der Waals surface area contributed by atoms with Crippen LogP contribution in [0.4, 0.5) is 0 Å². The first-order valence-corrected chi connectivity index (χ1v) is 7.75. The van der Waals surface area contributed by atoms with Gasteiger partial charge in [0, 0.05) is 13.1 Å². The standard InChI is InChI=1S/C17H21NO4/c1-22-13-4-2-3-12(9-13)11-5-7-18(8-6-11)16(19)14-10-15(14)17(20)21/h2-4,9,11,14-15H,5-8,10H2,1H3,(H,20,21)/t14-,15-/m0/s1. The zero-order chi connectivity index (χ0) is 15.7. The summed E-state index contributed by atoms with van der Waals surface area (Å²) in [6.45, 7) is 1.42. The maximum Gasteiger partial charge on any atom is 0.307 e. The van der Waals surface area contributed by atoms with Crippen molar-refractivity contribution in [2.75, 3.05) is 20.2 Å². The number of rotatable bonds is 4. The summed E-state index contributed by atoms with van der Waals surface area (Å²) in [6.07, 6.45) is 2.34. The zero-order valence-corrected chi connectivity index (χ0v) is 12.7. The molecular weight excluding hydrogens is 282 g/mol. The Morgan fingerprint density at radius 3 is 2.55 bits per heavy atom. The van der Waals surface area contributed by atoms with Crippen LogP contribution in [0.25, 0.3) is 0 Å². The number of carboxylic acid groups (broad SMARTS) is 1. The molecule has 0 spiro atoms. The molecule has 5 heteroatoms. The fourth-order valence-corrected chi connectivity index (χ4v) is 3.30. The zero-order valence-electron chi connectivity index (χ0n) is 12.7. The highest BCUT2D eigenvalue weighted by atomic mass is 16.5.